The molecule has 0 amide bonds. The van der Waals surface area contributed by atoms with Crippen LogP contribution in [0.15, 0.2) is 30.3 Å². The quantitative estimate of drug-likeness (QED) is 0.688. The lowest BCUT2D eigenvalue weighted by atomic mass is 9.61. The molecule has 1 aromatic rings. The highest BCUT2D eigenvalue weighted by molar-refractivity contribution is 5.89. The number of hydrogen-bond donors (Lipinski definition) is 0. The first-order chi connectivity index (χ1) is 11.1. The Morgan fingerprint density at radius 2 is 2.00 bits per heavy atom. The highest BCUT2D eigenvalue weighted by Gasteiger charge is 2.53. The van der Waals surface area contributed by atoms with Gasteiger partial charge in [-0.1, -0.05) is 45.4 Å². The number of hydrogen-bond acceptors (Lipinski definition) is 2. The Morgan fingerprint density at radius 3 is 2.70 bits per heavy atom. The summed E-state index contributed by atoms with van der Waals surface area (Å²) in [5.74, 6) is 1.96. The van der Waals surface area contributed by atoms with Gasteiger partial charge in [-0.05, 0) is 61.5 Å². The number of fused-ring (bicyclic) bond motifs is 1. The van der Waals surface area contributed by atoms with Crippen LogP contribution in [-0.2, 0) is 4.74 Å². The summed E-state index contributed by atoms with van der Waals surface area (Å²) in [6.07, 6.45) is 7.40. The molecule has 2 aliphatic carbocycles. The fourth-order valence-electron chi connectivity index (χ4n) is 5.30. The van der Waals surface area contributed by atoms with Crippen molar-refractivity contribution in [3.05, 3.63) is 35.9 Å². The van der Waals surface area contributed by atoms with Gasteiger partial charge in [-0.25, -0.2) is 4.79 Å². The minimum absolute atomic E-state index is 0.107. The molecular weight excluding hydrogens is 284 g/mol. The van der Waals surface area contributed by atoms with Crippen molar-refractivity contribution in [2.45, 2.75) is 65.4 Å². The SMILES string of the molecule is CC[C@H](C)[C@H]1CC[C@H]2[C@@H](OC(=O)c3ccccc3)CCC[C@]12C. The van der Waals surface area contributed by atoms with E-state index in [1.54, 1.807) is 0 Å². The molecule has 2 heteroatoms. The molecule has 126 valence electrons. The van der Waals surface area contributed by atoms with E-state index >= 15 is 0 Å². The average Bonchev–Trinajstić information content (AvgIpc) is 2.93. The van der Waals surface area contributed by atoms with Gasteiger partial charge in [0.1, 0.15) is 6.10 Å². The zero-order chi connectivity index (χ0) is 16.4. The fraction of sp³-hybridized carbons (Fsp3) is 0.667. The Balaban J connectivity index is 1.74. The van der Waals surface area contributed by atoms with Crippen molar-refractivity contribution in [1.29, 1.82) is 0 Å². The van der Waals surface area contributed by atoms with Crippen molar-refractivity contribution in [2.75, 3.05) is 0 Å². The van der Waals surface area contributed by atoms with E-state index in [4.69, 9.17) is 4.74 Å². The fourth-order valence-corrected chi connectivity index (χ4v) is 5.30. The first-order valence-corrected chi connectivity index (χ1v) is 9.32. The molecular formula is C21H30O2. The van der Waals surface area contributed by atoms with Gasteiger partial charge < -0.3 is 4.74 Å². The molecule has 2 saturated carbocycles. The van der Waals surface area contributed by atoms with Gasteiger partial charge in [-0.15, -0.1) is 0 Å². The van der Waals surface area contributed by atoms with E-state index in [0.29, 0.717) is 16.9 Å². The van der Waals surface area contributed by atoms with Gasteiger partial charge in [0.25, 0.3) is 0 Å². The van der Waals surface area contributed by atoms with Crippen LogP contribution in [0.5, 0.6) is 0 Å². The number of benzene rings is 1. The summed E-state index contributed by atoms with van der Waals surface area (Å²) in [7, 11) is 0. The van der Waals surface area contributed by atoms with Gasteiger partial charge in [-0.2, -0.15) is 0 Å². The van der Waals surface area contributed by atoms with Crippen molar-refractivity contribution in [3.8, 4) is 0 Å². The zero-order valence-corrected chi connectivity index (χ0v) is 14.8. The second-order valence-corrected chi connectivity index (χ2v) is 7.88. The van der Waals surface area contributed by atoms with Gasteiger partial charge in [0.05, 0.1) is 5.56 Å². The van der Waals surface area contributed by atoms with Crippen LogP contribution in [0.3, 0.4) is 0 Å². The summed E-state index contributed by atoms with van der Waals surface area (Å²) in [5.41, 5.74) is 1.03. The number of ether oxygens (including phenoxy) is 1. The first kappa shape index (κ1) is 16.5. The molecule has 0 radical (unpaired) electrons. The summed E-state index contributed by atoms with van der Waals surface area (Å²) >= 11 is 0. The van der Waals surface area contributed by atoms with E-state index in [1.807, 2.05) is 30.3 Å². The van der Waals surface area contributed by atoms with E-state index in [9.17, 15) is 4.79 Å². The van der Waals surface area contributed by atoms with Crippen molar-refractivity contribution < 1.29 is 9.53 Å². The lowest BCUT2D eigenvalue weighted by Crippen LogP contribution is -2.43. The highest BCUT2D eigenvalue weighted by Crippen LogP contribution is 2.58. The normalized spacial score (nSPS) is 34.7. The molecule has 23 heavy (non-hydrogen) atoms. The smallest absolute Gasteiger partial charge is 0.338 e. The molecule has 0 bridgehead atoms. The van der Waals surface area contributed by atoms with Crippen LogP contribution in [0.4, 0.5) is 0 Å². The summed E-state index contributed by atoms with van der Waals surface area (Å²) in [5, 5.41) is 0. The largest absolute Gasteiger partial charge is 0.458 e. The molecule has 0 heterocycles. The van der Waals surface area contributed by atoms with E-state index in [-0.39, 0.29) is 12.1 Å². The van der Waals surface area contributed by atoms with Crippen LogP contribution in [-0.4, -0.2) is 12.1 Å². The van der Waals surface area contributed by atoms with Crippen LogP contribution in [0.25, 0.3) is 0 Å². The molecule has 3 rings (SSSR count). The van der Waals surface area contributed by atoms with E-state index in [0.717, 1.165) is 18.3 Å². The van der Waals surface area contributed by atoms with Crippen molar-refractivity contribution in [3.63, 3.8) is 0 Å². The van der Waals surface area contributed by atoms with E-state index in [1.165, 1.54) is 32.1 Å². The molecule has 5 atom stereocenters. The van der Waals surface area contributed by atoms with Gasteiger partial charge >= 0.3 is 5.97 Å². The predicted molar refractivity (Wildman–Crippen MR) is 93.3 cm³/mol. The molecule has 2 fully saturated rings. The predicted octanol–water partition coefficient (Wildman–Crippen LogP) is 5.47. The first-order valence-electron chi connectivity index (χ1n) is 9.32. The van der Waals surface area contributed by atoms with Crippen LogP contribution in [0.2, 0.25) is 0 Å². The Kier molecular flexibility index (Phi) is 4.79. The monoisotopic (exact) mass is 314 g/mol. The maximum absolute atomic E-state index is 12.5. The van der Waals surface area contributed by atoms with Crippen LogP contribution in [0, 0.1) is 23.2 Å². The number of carbonyl (C=O) groups is 1. The van der Waals surface area contributed by atoms with Gasteiger partial charge in [0, 0.05) is 5.92 Å². The third-order valence-electron chi connectivity index (χ3n) is 6.73. The number of carbonyl (C=O) groups excluding carboxylic acids is 1. The average molecular weight is 314 g/mol. The lowest BCUT2D eigenvalue weighted by molar-refractivity contribution is -0.0469. The summed E-state index contributed by atoms with van der Waals surface area (Å²) in [6, 6.07) is 9.43. The lowest BCUT2D eigenvalue weighted by Gasteiger charge is -2.46. The van der Waals surface area contributed by atoms with Gasteiger partial charge in [0.15, 0.2) is 0 Å². The highest BCUT2D eigenvalue weighted by atomic mass is 16.5. The minimum Gasteiger partial charge on any atom is -0.458 e. The summed E-state index contributed by atoms with van der Waals surface area (Å²) in [4.78, 5) is 12.5. The molecule has 0 aromatic heterocycles. The molecule has 2 aliphatic rings. The Labute approximate surface area is 140 Å². The van der Waals surface area contributed by atoms with Crippen LogP contribution < -0.4 is 0 Å². The van der Waals surface area contributed by atoms with Crippen LogP contribution >= 0.6 is 0 Å². The van der Waals surface area contributed by atoms with E-state index in [2.05, 4.69) is 20.8 Å². The van der Waals surface area contributed by atoms with Gasteiger partial charge in [-0.3, -0.25) is 0 Å². The molecule has 0 saturated heterocycles. The summed E-state index contributed by atoms with van der Waals surface area (Å²) < 4.78 is 5.98. The minimum atomic E-state index is -0.146. The van der Waals surface area contributed by atoms with Gasteiger partial charge in [0.2, 0.25) is 0 Å². The second kappa shape index (κ2) is 6.67. The third-order valence-corrected chi connectivity index (χ3v) is 6.73. The Hall–Kier alpha value is -1.31. The van der Waals surface area contributed by atoms with Crippen molar-refractivity contribution in [1.82, 2.24) is 0 Å². The standard InChI is InChI=1S/C21H30O2/c1-4-15(2)17-12-13-18-19(11-8-14-21(17,18)3)23-20(22)16-9-6-5-7-10-16/h5-7,9-10,15,17-19H,4,8,11-14H2,1-3H3/t15-,17+,18-,19-,21+/m0/s1. The molecule has 1 aromatic carbocycles. The maximum atomic E-state index is 12.5. The molecule has 0 aliphatic heterocycles. The Bertz CT molecular complexity index is 538. The van der Waals surface area contributed by atoms with Crippen molar-refractivity contribution >= 4 is 5.97 Å². The molecule has 2 nitrogen and oxygen atoms in total. The van der Waals surface area contributed by atoms with Crippen molar-refractivity contribution in [2.24, 2.45) is 23.2 Å². The molecule has 0 N–H and O–H groups in total. The summed E-state index contributed by atoms with van der Waals surface area (Å²) in [6.45, 7) is 7.17. The second-order valence-electron chi connectivity index (χ2n) is 7.88. The topological polar surface area (TPSA) is 26.3 Å². The zero-order valence-electron chi connectivity index (χ0n) is 14.8. The third kappa shape index (κ3) is 3.05. The molecule has 0 unspecified atom stereocenters. The molecule has 0 spiro atoms. The number of esters is 1. The van der Waals surface area contributed by atoms with Crippen LogP contribution in [0.1, 0.15) is 69.7 Å². The maximum Gasteiger partial charge on any atom is 0.338 e. The van der Waals surface area contributed by atoms with E-state index < -0.39 is 0 Å². The number of rotatable bonds is 4. The Morgan fingerprint density at radius 1 is 1.26 bits per heavy atom.